The molecular weight excluding hydrogens is 396 g/mol. The molecule has 0 aliphatic rings. The molecule has 0 aliphatic heterocycles. The third-order valence-electron chi connectivity index (χ3n) is 4.36. The van der Waals surface area contributed by atoms with E-state index < -0.39 is 5.97 Å². The van der Waals surface area contributed by atoms with Gasteiger partial charge in [0.25, 0.3) is 11.8 Å². The van der Waals surface area contributed by atoms with Crippen LogP contribution in [0.3, 0.4) is 0 Å². The van der Waals surface area contributed by atoms with Crippen LogP contribution in [-0.4, -0.2) is 29.5 Å². The van der Waals surface area contributed by atoms with E-state index in [4.69, 9.17) is 9.84 Å². The smallest absolute Gasteiger partial charge is 0.335 e. The molecular formula is C24H22N2O5. The van der Waals surface area contributed by atoms with Gasteiger partial charge in [-0.1, -0.05) is 12.1 Å². The normalized spacial score (nSPS) is 10.3. The van der Waals surface area contributed by atoms with Crippen molar-refractivity contribution in [3.05, 3.63) is 89.0 Å². The zero-order chi connectivity index (χ0) is 22.4. The van der Waals surface area contributed by atoms with Crippen molar-refractivity contribution in [2.45, 2.75) is 13.8 Å². The molecule has 2 amide bonds. The maximum atomic E-state index is 12.5. The van der Waals surface area contributed by atoms with Gasteiger partial charge in [0.15, 0.2) is 6.61 Å². The van der Waals surface area contributed by atoms with Crippen molar-refractivity contribution in [1.29, 1.82) is 0 Å². The van der Waals surface area contributed by atoms with Crippen molar-refractivity contribution in [2.24, 2.45) is 0 Å². The van der Waals surface area contributed by atoms with Crippen molar-refractivity contribution < 1.29 is 24.2 Å². The number of carbonyl (C=O) groups excluding carboxylic acids is 2. The molecule has 0 spiro atoms. The Kier molecular flexibility index (Phi) is 6.67. The highest BCUT2D eigenvalue weighted by molar-refractivity contribution is 6.05. The fourth-order valence-corrected chi connectivity index (χ4v) is 3.00. The highest BCUT2D eigenvalue weighted by Crippen LogP contribution is 2.17. The molecule has 0 aromatic heterocycles. The number of nitrogens with one attached hydrogen (secondary N) is 2. The van der Waals surface area contributed by atoms with Crippen LogP contribution in [-0.2, 0) is 4.79 Å². The molecule has 0 atom stereocenters. The Labute approximate surface area is 179 Å². The SMILES string of the molecule is Cc1cc(C)cc(OCC(=O)Nc2cccc(C(=O)Nc3ccc(C(=O)O)cc3)c2)c1. The lowest BCUT2D eigenvalue weighted by molar-refractivity contribution is -0.118. The summed E-state index contributed by atoms with van der Waals surface area (Å²) in [6, 6.07) is 18.1. The number of hydrogen-bond donors (Lipinski definition) is 3. The molecule has 0 unspecified atom stereocenters. The lowest BCUT2D eigenvalue weighted by Crippen LogP contribution is -2.20. The van der Waals surface area contributed by atoms with E-state index in [9.17, 15) is 14.4 Å². The summed E-state index contributed by atoms with van der Waals surface area (Å²) < 4.78 is 5.55. The minimum absolute atomic E-state index is 0.130. The zero-order valence-electron chi connectivity index (χ0n) is 17.1. The van der Waals surface area contributed by atoms with Crippen LogP contribution in [0.4, 0.5) is 11.4 Å². The standard InChI is InChI=1S/C24H22N2O5/c1-15-10-16(2)12-21(11-15)31-14-22(27)25-20-5-3-4-18(13-20)23(28)26-19-8-6-17(7-9-19)24(29)30/h3-13H,14H2,1-2H3,(H,25,27)(H,26,28)(H,29,30). The largest absolute Gasteiger partial charge is 0.484 e. The topological polar surface area (TPSA) is 105 Å². The van der Waals surface area contributed by atoms with Gasteiger partial charge in [-0.15, -0.1) is 0 Å². The first kappa shape index (κ1) is 21.6. The lowest BCUT2D eigenvalue weighted by Gasteiger charge is -2.10. The number of benzene rings is 3. The van der Waals surface area contributed by atoms with E-state index in [1.807, 2.05) is 32.0 Å². The highest BCUT2D eigenvalue weighted by Gasteiger charge is 2.10. The fraction of sp³-hybridized carbons (Fsp3) is 0.125. The Balaban J connectivity index is 1.59. The van der Waals surface area contributed by atoms with Gasteiger partial charge in [0.2, 0.25) is 0 Å². The van der Waals surface area contributed by atoms with E-state index in [0.29, 0.717) is 22.7 Å². The predicted octanol–water partition coefficient (Wildman–Crippen LogP) is 4.27. The van der Waals surface area contributed by atoms with Crippen LogP contribution in [0.5, 0.6) is 5.75 Å². The number of hydrogen-bond acceptors (Lipinski definition) is 4. The van der Waals surface area contributed by atoms with E-state index in [1.165, 1.54) is 24.3 Å². The Morgan fingerprint density at radius 1 is 0.806 bits per heavy atom. The molecule has 3 rings (SSSR count). The first-order valence-corrected chi connectivity index (χ1v) is 9.56. The quantitative estimate of drug-likeness (QED) is 0.531. The number of aromatic carboxylic acids is 1. The van der Waals surface area contributed by atoms with Gasteiger partial charge >= 0.3 is 5.97 Å². The molecule has 0 saturated heterocycles. The molecule has 0 heterocycles. The van der Waals surface area contributed by atoms with Crippen molar-refractivity contribution in [3.8, 4) is 5.75 Å². The van der Waals surface area contributed by atoms with E-state index >= 15 is 0 Å². The van der Waals surface area contributed by atoms with E-state index in [-0.39, 0.29) is 24.0 Å². The number of amides is 2. The molecule has 0 radical (unpaired) electrons. The van der Waals surface area contributed by atoms with Crippen molar-refractivity contribution in [2.75, 3.05) is 17.2 Å². The monoisotopic (exact) mass is 418 g/mol. The molecule has 7 nitrogen and oxygen atoms in total. The van der Waals surface area contributed by atoms with Gasteiger partial charge in [-0.05, 0) is 79.6 Å². The number of carbonyl (C=O) groups is 3. The molecule has 0 aliphatic carbocycles. The van der Waals surface area contributed by atoms with Crippen LogP contribution in [0, 0.1) is 13.8 Å². The molecule has 0 saturated carbocycles. The molecule has 0 bridgehead atoms. The maximum Gasteiger partial charge on any atom is 0.335 e. The van der Waals surface area contributed by atoms with Crippen LogP contribution in [0.25, 0.3) is 0 Å². The summed E-state index contributed by atoms with van der Waals surface area (Å²) >= 11 is 0. The molecule has 7 heteroatoms. The van der Waals surface area contributed by atoms with Gasteiger partial charge in [-0.2, -0.15) is 0 Å². The first-order valence-electron chi connectivity index (χ1n) is 9.56. The van der Waals surface area contributed by atoms with Crippen LogP contribution < -0.4 is 15.4 Å². The Morgan fingerprint density at radius 2 is 1.48 bits per heavy atom. The average Bonchev–Trinajstić information content (AvgIpc) is 2.72. The molecule has 158 valence electrons. The number of aryl methyl sites for hydroxylation is 2. The van der Waals surface area contributed by atoms with Crippen LogP contribution in [0.1, 0.15) is 31.8 Å². The van der Waals surface area contributed by atoms with E-state index in [2.05, 4.69) is 10.6 Å². The van der Waals surface area contributed by atoms with Crippen LogP contribution >= 0.6 is 0 Å². The summed E-state index contributed by atoms with van der Waals surface area (Å²) in [7, 11) is 0. The molecule has 31 heavy (non-hydrogen) atoms. The van der Waals surface area contributed by atoms with Crippen molar-refractivity contribution in [1.82, 2.24) is 0 Å². The van der Waals surface area contributed by atoms with Crippen LogP contribution in [0.2, 0.25) is 0 Å². The molecule has 3 aromatic rings. The third kappa shape index (κ3) is 6.17. The van der Waals surface area contributed by atoms with Gasteiger partial charge < -0.3 is 20.5 Å². The van der Waals surface area contributed by atoms with Gasteiger partial charge in [0.05, 0.1) is 5.56 Å². The number of carboxylic acid groups (broad SMARTS) is 1. The molecule has 3 aromatic carbocycles. The fourth-order valence-electron chi connectivity index (χ4n) is 3.00. The summed E-state index contributed by atoms with van der Waals surface area (Å²) in [6.45, 7) is 3.75. The average molecular weight is 418 g/mol. The van der Waals surface area contributed by atoms with Crippen molar-refractivity contribution >= 4 is 29.2 Å². The number of rotatable bonds is 7. The molecule has 3 N–H and O–H groups in total. The predicted molar refractivity (Wildman–Crippen MR) is 118 cm³/mol. The minimum atomic E-state index is -1.04. The van der Waals surface area contributed by atoms with Gasteiger partial charge in [-0.25, -0.2) is 4.79 Å². The molecule has 0 fully saturated rings. The second-order valence-electron chi connectivity index (χ2n) is 7.08. The van der Waals surface area contributed by atoms with E-state index in [1.54, 1.807) is 24.3 Å². The minimum Gasteiger partial charge on any atom is -0.484 e. The van der Waals surface area contributed by atoms with Crippen LogP contribution in [0.15, 0.2) is 66.7 Å². The summed E-state index contributed by atoms with van der Waals surface area (Å²) in [4.78, 5) is 35.6. The Hall–Kier alpha value is -4.13. The summed E-state index contributed by atoms with van der Waals surface area (Å²) in [5.41, 5.74) is 3.49. The number of anilines is 2. The maximum absolute atomic E-state index is 12.5. The number of ether oxygens (including phenoxy) is 1. The third-order valence-corrected chi connectivity index (χ3v) is 4.36. The van der Waals surface area contributed by atoms with Gasteiger partial charge in [0, 0.05) is 16.9 Å². The Morgan fingerprint density at radius 3 is 2.13 bits per heavy atom. The Bertz CT molecular complexity index is 1100. The summed E-state index contributed by atoms with van der Waals surface area (Å²) in [5, 5.41) is 14.3. The summed E-state index contributed by atoms with van der Waals surface area (Å²) in [5.74, 6) is -1.15. The second-order valence-corrected chi connectivity index (χ2v) is 7.08. The first-order chi connectivity index (χ1) is 14.8. The van der Waals surface area contributed by atoms with Crippen molar-refractivity contribution in [3.63, 3.8) is 0 Å². The summed E-state index contributed by atoms with van der Waals surface area (Å²) in [6.07, 6.45) is 0. The highest BCUT2D eigenvalue weighted by atomic mass is 16.5. The van der Waals surface area contributed by atoms with Gasteiger partial charge in [0.1, 0.15) is 5.75 Å². The second kappa shape index (κ2) is 9.58. The van der Waals surface area contributed by atoms with E-state index in [0.717, 1.165) is 11.1 Å². The van der Waals surface area contributed by atoms with Gasteiger partial charge in [-0.3, -0.25) is 9.59 Å². The lowest BCUT2D eigenvalue weighted by atomic mass is 10.1. The number of carboxylic acids is 1. The zero-order valence-corrected chi connectivity index (χ0v) is 17.1.